The maximum atomic E-state index is 11.6. The summed E-state index contributed by atoms with van der Waals surface area (Å²) in [6, 6.07) is 0. The van der Waals surface area contributed by atoms with E-state index in [0.29, 0.717) is 0 Å². The van der Waals surface area contributed by atoms with Crippen LogP contribution in [0.1, 0.15) is 32.1 Å². The molecule has 0 spiro atoms. The fourth-order valence-corrected chi connectivity index (χ4v) is 1.98. The number of carbonyl (C=O) groups excluding carboxylic acids is 1. The Balaban J connectivity index is 1.67. The molecule has 1 heterocycles. The zero-order chi connectivity index (χ0) is 9.80. The van der Waals surface area contributed by atoms with E-state index in [-0.39, 0.29) is 11.8 Å². The molecule has 1 unspecified atom stereocenters. The van der Waals surface area contributed by atoms with Crippen LogP contribution in [0.2, 0.25) is 0 Å². The second-order valence-electron chi connectivity index (χ2n) is 4.59. The molecule has 1 atom stereocenters. The molecule has 1 saturated carbocycles. The Bertz CT molecular complexity index is 201. The van der Waals surface area contributed by atoms with Crippen molar-refractivity contribution in [2.45, 2.75) is 32.1 Å². The van der Waals surface area contributed by atoms with Crippen molar-refractivity contribution < 1.29 is 4.79 Å². The molecule has 14 heavy (non-hydrogen) atoms. The standard InChI is InChI=1S/C11H20N2O/c14-11-10(3-1-2-6-13-11)8-12-7-9-4-5-9/h9-10,12H,1-8H2,(H,13,14). The van der Waals surface area contributed by atoms with Gasteiger partial charge in [-0.15, -0.1) is 0 Å². The lowest BCUT2D eigenvalue weighted by Gasteiger charge is -2.13. The molecule has 1 aliphatic heterocycles. The number of amides is 1. The van der Waals surface area contributed by atoms with E-state index in [1.54, 1.807) is 0 Å². The highest BCUT2D eigenvalue weighted by atomic mass is 16.1. The van der Waals surface area contributed by atoms with Crippen molar-refractivity contribution in [2.24, 2.45) is 11.8 Å². The Labute approximate surface area is 85.6 Å². The van der Waals surface area contributed by atoms with Gasteiger partial charge in [-0.1, -0.05) is 6.42 Å². The third-order valence-electron chi connectivity index (χ3n) is 3.17. The van der Waals surface area contributed by atoms with E-state index in [4.69, 9.17) is 0 Å². The monoisotopic (exact) mass is 196 g/mol. The Morgan fingerprint density at radius 1 is 1.21 bits per heavy atom. The predicted molar refractivity (Wildman–Crippen MR) is 55.9 cm³/mol. The summed E-state index contributed by atoms with van der Waals surface area (Å²) in [6.45, 7) is 2.87. The largest absolute Gasteiger partial charge is 0.356 e. The third kappa shape index (κ3) is 2.98. The summed E-state index contributed by atoms with van der Waals surface area (Å²) in [7, 11) is 0. The molecule has 2 rings (SSSR count). The summed E-state index contributed by atoms with van der Waals surface area (Å²) in [5.74, 6) is 1.38. The molecule has 0 aromatic heterocycles. The minimum Gasteiger partial charge on any atom is -0.356 e. The van der Waals surface area contributed by atoms with Crippen molar-refractivity contribution in [1.29, 1.82) is 0 Å². The first-order valence-corrected chi connectivity index (χ1v) is 5.84. The Morgan fingerprint density at radius 2 is 2.07 bits per heavy atom. The smallest absolute Gasteiger partial charge is 0.224 e. The molecular weight excluding hydrogens is 176 g/mol. The van der Waals surface area contributed by atoms with Crippen LogP contribution in [0.25, 0.3) is 0 Å². The lowest BCUT2D eigenvalue weighted by Crippen LogP contribution is -2.36. The highest BCUT2D eigenvalue weighted by Crippen LogP contribution is 2.27. The Morgan fingerprint density at radius 3 is 2.86 bits per heavy atom. The molecule has 3 nitrogen and oxygen atoms in total. The van der Waals surface area contributed by atoms with Crippen molar-refractivity contribution in [1.82, 2.24) is 10.6 Å². The fourth-order valence-electron chi connectivity index (χ4n) is 1.98. The van der Waals surface area contributed by atoms with Crippen molar-refractivity contribution in [3.8, 4) is 0 Å². The minimum atomic E-state index is 0.219. The van der Waals surface area contributed by atoms with Crippen LogP contribution in [0.3, 0.4) is 0 Å². The summed E-state index contributed by atoms with van der Waals surface area (Å²) >= 11 is 0. The van der Waals surface area contributed by atoms with E-state index in [9.17, 15) is 4.79 Å². The summed E-state index contributed by atoms with van der Waals surface area (Å²) < 4.78 is 0. The molecule has 80 valence electrons. The molecule has 2 fully saturated rings. The topological polar surface area (TPSA) is 41.1 Å². The number of nitrogens with one attached hydrogen (secondary N) is 2. The highest BCUT2D eigenvalue weighted by molar-refractivity contribution is 5.79. The quantitative estimate of drug-likeness (QED) is 0.701. The number of hydrogen-bond acceptors (Lipinski definition) is 2. The van der Waals surface area contributed by atoms with Gasteiger partial charge in [-0.25, -0.2) is 0 Å². The molecule has 1 saturated heterocycles. The SMILES string of the molecule is O=C1NCCCCC1CNCC1CC1. The van der Waals surface area contributed by atoms with Crippen molar-refractivity contribution in [2.75, 3.05) is 19.6 Å². The third-order valence-corrected chi connectivity index (χ3v) is 3.17. The van der Waals surface area contributed by atoms with E-state index in [2.05, 4.69) is 10.6 Å². The van der Waals surface area contributed by atoms with Crippen LogP contribution in [0.4, 0.5) is 0 Å². The van der Waals surface area contributed by atoms with Crippen LogP contribution < -0.4 is 10.6 Å². The summed E-state index contributed by atoms with van der Waals surface area (Å²) in [6.07, 6.45) is 6.15. The van der Waals surface area contributed by atoms with Crippen molar-refractivity contribution in [3.05, 3.63) is 0 Å². The molecule has 0 radical (unpaired) electrons. The van der Waals surface area contributed by atoms with Crippen LogP contribution >= 0.6 is 0 Å². The molecule has 0 aromatic carbocycles. The van der Waals surface area contributed by atoms with Gasteiger partial charge in [0.15, 0.2) is 0 Å². The number of rotatable bonds is 4. The van der Waals surface area contributed by atoms with Crippen LogP contribution in [-0.2, 0) is 4.79 Å². The van der Waals surface area contributed by atoms with Gasteiger partial charge >= 0.3 is 0 Å². The molecule has 3 heteroatoms. The van der Waals surface area contributed by atoms with E-state index in [0.717, 1.165) is 38.4 Å². The zero-order valence-electron chi connectivity index (χ0n) is 8.72. The molecule has 2 aliphatic rings. The Kier molecular flexibility index (Phi) is 3.40. The van der Waals surface area contributed by atoms with Gasteiger partial charge in [0.25, 0.3) is 0 Å². The molecular formula is C11H20N2O. The van der Waals surface area contributed by atoms with Gasteiger partial charge in [0.2, 0.25) is 5.91 Å². The van der Waals surface area contributed by atoms with Gasteiger partial charge in [0.1, 0.15) is 0 Å². The van der Waals surface area contributed by atoms with Gasteiger partial charge < -0.3 is 10.6 Å². The van der Waals surface area contributed by atoms with Crippen LogP contribution in [0.15, 0.2) is 0 Å². The van der Waals surface area contributed by atoms with E-state index >= 15 is 0 Å². The minimum absolute atomic E-state index is 0.219. The summed E-state index contributed by atoms with van der Waals surface area (Å²) in [5.41, 5.74) is 0. The van der Waals surface area contributed by atoms with Gasteiger partial charge in [0.05, 0.1) is 5.92 Å². The Hall–Kier alpha value is -0.570. The van der Waals surface area contributed by atoms with Gasteiger partial charge in [-0.05, 0) is 38.1 Å². The molecule has 1 aliphatic carbocycles. The predicted octanol–water partition coefficient (Wildman–Crippen LogP) is 0.902. The van der Waals surface area contributed by atoms with Crippen LogP contribution in [-0.4, -0.2) is 25.5 Å². The maximum Gasteiger partial charge on any atom is 0.224 e. The first-order valence-electron chi connectivity index (χ1n) is 5.84. The van der Waals surface area contributed by atoms with E-state index in [1.165, 1.54) is 19.3 Å². The second-order valence-corrected chi connectivity index (χ2v) is 4.59. The second kappa shape index (κ2) is 4.78. The van der Waals surface area contributed by atoms with Gasteiger partial charge in [-0.2, -0.15) is 0 Å². The summed E-state index contributed by atoms with van der Waals surface area (Å²) in [5, 5.41) is 6.38. The summed E-state index contributed by atoms with van der Waals surface area (Å²) in [4.78, 5) is 11.6. The average Bonchev–Trinajstić information content (AvgIpc) is 2.97. The van der Waals surface area contributed by atoms with Crippen molar-refractivity contribution >= 4 is 5.91 Å². The molecule has 0 bridgehead atoms. The van der Waals surface area contributed by atoms with E-state index < -0.39 is 0 Å². The molecule has 1 amide bonds. The number of hydrogen-bond donors (Lipinski definition) is 2. The zero-order valence-corrected chi connectivity index (χ0v) is 8.72. The number of carbonyl (C=O) groups is 1. The normalized spacial score (nSPS) is 28.3. The first-order chi connectivity index (χ1) is 6.86. The van der Waals surface area contributed by atoms with Gasteiger partial charge in [0, 0.05) is 13.1 Å². The lowest BCUT2D eigenvalue weighted by atomic mass is 10.0. The highest BCUT2D eigenvalue weighted by Gasteiger charge is 2.23. The lowest BCUT2D eigenvalue weighted by molar-refractivity contribution is -0.124. The van der Waals surface area contributed by atoms with E-state index in [1.807, 2.05) is 0 Å². The van der Waals surface area contributed by atoms with Crippen LogP contribution in [0.5, 0.6) is 0 Å². The maximum absolute atomic E-state index is 11.6. The molecule has 2 N–H and O–H groups in total. The fraction of sp³-hybridized carbons (Fsp3) is 0.909. The molecule has 0 aromatic rings. The average molecular weight is 196 g/mol. The first kappa shape index (κ1) is 9.97. The van der Waals surface area contributed by atoms with Crippen LogP contribution in [0, 0.1) is 11.8 Å². The van der Waals surface area contributed by atoms with Gasteiger partial charge in [-0.3, -0.25) is 4.79 Å². The van der Waals surface area contributed by atoms with Crippen molar-refractivity contribution in [3.63, 3.8) is 0 Å².